The zero-order valence-electron chi connectivity index (χ0n) is 8.71. The summed E-state index contributed by atoms with van der Waals surface area (Å²) in [6.45, 7) is 1.50. The lowest BCUT2D eigenvalue weighted by Crippen LogP contribution is -2.14. The Balaban J connectivity index is 2.52. The third-order valence-electron chi connectivity index (χ3n) is 1.90. The summed E-state index contributed by atoms with van der Waals surface area (Å²) in [6.07, 6.45) is -3.80. The van der Waals surface area contributed by atoms with Gasteiger partial charge in [0.25, 0.3) is 0 Å². The second-order valence-electron chi connectivity index (χ2n) is 3.18. The van der Waals surface area contributed by atoms with Gasteiger partial charge in [0.05, 0.1) is 6.42 Å². The summed E-state index contributed by atoms with van der Waals surface area (Å²) in [6, 6.07) is -0.0565. The number of nitrogens with zero attached hydrogens (tertiary/aromatic N) is 2. The Hall–Kier alpha value is -1.37. The Morgan fingerprint density at radius 3 is 2.62 bits per heavy atom. The van der Waals surface area contributed by atoms with E-state index in [1.54, 1.807) is 6.92 Å². The maximum atomic E-state index is 11.8. The molecule has 0 aliphatic carbocycles. The van der Waals surface area contributed by atoms with E-state index in [0.717, 1.165) is 5.56 Å². The van der Waals surface area contributed by atoms with Crippen molar-refractivity contribution in [3.8, 4) is 6.01 Å². The van der Waals surface area contributed by atoms with E-state index in [4.69, 9.17) is 10.5 Å². The van der Waals surface area contributed by atoms with E-state index in [9.17, 15) is 13.2 Å². The molecule has 0 aliphatic rings. The molecule has 0 radical (unpaired) electrons. The van der Waals surface area contributed by atoms with Crippen molar-refractivity contribution in [3.05, 3.63) is 17.5 Å². The molecule has 0 spiro atoms. The monoisotopic (exact) mass is 235 g/mol. The number of halogens is 3. The van der Waals surface area contributed by atoms with Crippen LogP contribution in [0.2, 0.25) is 0 Å². The zero-order valence-corrected chi connectivity index (χ0v) is 8.71. The molecule has 0 atom stereocenters. The van der Waals surface area contributed by atoms with E-state index < -0.39 is 19.2 Å². The molecule has 4 nitrogen and oxygen atoms in total. The average Bonchev–Trinajstić information content (AvgIpc) is 2.16. The van der Waals surface area contributed by atoms with Crippen LogP contribution in [-0.2, 0) is 6.54 Å². The lowest BCUT2D eigenvalue weighted by atomic mass is 10.2. The minimum absolute atomic E-state index is 0.0565. The normalized spacial score (nSPS) is 11.6. The van der Waals surface area contributed by atoms with Crippen molar-refractivity contribution in [1.29, 1.82) is 0 Å². The van der Waals surface area contributed by atoms with Crippen LogP contribution in [0.3, 0.4) is 0 Å². The van der Waals surface area contributed by atoms with E-state index in [-0.39, 0.29) is 12.6 Å². The van der Waals surface area contributed by atoms with E-state index in [0.29, 0.717) is 5.69 Å². The third kappa shape index (κ3) is 4.01. The summed E-state index contributed by atoms with van der Waals surface area (Å²) in [5, 5.41) is 0. The molecular weight excluding hydrogens is 223 g/mol. The molecule has 7 heteroatoms. The van der Waals surface area contributed by atoms with Crippen molar-refractivity contribution in [2.75, 3.05) is 6.61 Å². The van der Waals surface area contributed by atoms with Crippen LogP contribution in [0.5, 0.6) is 6.01 Å². The first-order valence-electron chi connectivity index (χ1n) is 4.64. The largest absolute Gasteiger partial charge is 0.463 e. The van der Waals surface area contributed by atoms with Gasteiger partial charge in [0.2, 0.25) is 0 Å². The summed E-state index contributed by atoms with van der Waals surface area (Å²) in [4.78, 5) is 7.63. The highest BCUT2D eigenvalue weighted by atomic mass is 19.4. The first-order valence-corrected chi connectivity index (χ1v) is 4.64. The van der Waals surface area contributed by atoms with E-state index >= 15 is 0 Å². The highest BCUT2D eigenvalue weighted by molar-refractivity contribution is 5.17. The quantitative estimate of drug-likeness (QED) is 0.860. The molecule has 90 valence electrons. The first kappa shape index (κ1) is 12.7. The topological polar surface area (TPSA) is 61.0 Å². The fraction of sp³-hybridized carbons (Fsp3) is 0.556. The molecule has 1 heterocycles. The van der Waals surface area contributed by atoms with Crippen molar-refractivity contribution >= 4 is 0 Å². The van der Waals surface area contributed by atoms with Gasteiger partial charge in [-0.05, 0) is 6.92 Å². The Morgan fingerprint density at radius 1 is 1.44 bits per heavy atom. The number of hydrogen-bond acceptors (Lipinski definition) is 4. The van der Waals surface area contributed by atoms with Crippen LogP contribution >= 0.6 is 0 Å². The number of rotatable bonds is 4. The smallest absolute Gasteiger partial charge is 0.392 e. The second-order valence-corrected chi connectivity index (χ2v) is 3.18. The van der Waals surface area contributed by atoms with Crippen LogP contribution in [0.4, 0.5) is 13.2 Å². The minimum atomic E-state index is -4.23. The van der Waals surface area contributed by atoms with Gasteiger partial charge in [-0.15, -0.1) is 0 Å². The maximum Gasteiger partial charge on any atom is 0.392 e. The Kier molecular flexibility index (Phi) is 4.05. The summed E-state index contributed by atoms with van der Waals surface area (Å²) in [5.41, 5.74) is 6.74. The number of aryl methyl sites for hydroxylation is 1. The third-order valence-corrected chi connectivity index (χ3v) is 1.90. The lowest BCUT2D eigenvalue weighted by molar-refractivity contribution is -0.139. The summed E-state index contributed by atoms with van der Waals surface area (Å²) in [5.74, 6) is 0. The molecule has 1 aromatic rings. The second kappa shape index (κ2) is 5.11. The van der Waals surface area contributed by atoms with Gasteiger partial charge in [-0.25, -0.2) is 9.97 Å². The van der Waals surface area contributed by atoms with Gasteiger partial charge in [-0.3, -0.25) is 0 Å². The molecule has 0 saturated carbocycles. The SMILES string of the molecule is Cc1nc(OCCC(F)(F)F)ncc1CN. The molecular formula is C9H12F3N3O. The van der Waals surface area contributed by atoms with Crippen LogP contribution in [0.25, 0.3) is 0 Å². The number of aromatic nitrogens is 2. The molecule has 0 fully saturated rings. The molecule has 0 unspecified atom stereocenters. The van der Waals surface area contributed by atoms with Crippen LogP contribution in [-0.4, -0.2) is 22.8 Å². The standard InChI is InChI=1S/C9H12F3N3O/c1-6-7(4-13)5-14-8(15-6)16-3-2-9(10,11)12/h5H,2-4,13H2,1H3. The van der Waals surface area contributed by atoms with Crippen molar-refractivity contribution in [2.45, 2.75) is 26.1 Å². The summed E-state index contributed by atoms with van der Waals surface area (Å²) in [7, 11) is 0. The molecule has 0 saturated heterocycles. The summed E-state index contributed by atoms with van der Waals surface area (Å²) < 4.78 is 40.2. The van der Waals surface area contributed by atoms with E-state index in [1.807, 2.05) is 0 Å². The molecule has 16 heavy (non-hydrogen) atoms. The number of alkyl halides is 3. The molecule has 1 aromatic heterocycles. The van der Waals surface area contributed by atoms with Crippen molar-refractivity contribution < 1.29 is 17.9 Å². The number of nitrogens with two attached hydrogens (primary N) is 1. The van der Waals surface area contributed by atoms with Crippen LogP contribution in [0, 0.1) is 6.92 Å². The predicted molar refractivity (Wildman–Crippen MR) is 50.8 cm³/mol. The van der Waals surface area contributed by atoms with Gasteiger partial charge in [0.1, 0.15) is 6.61 Å². The lowest BCUT2D eigenvalue weighted by Gasteiger charge is -2.08. The molecule has 1 rings (SSSR count). The van der Waals surface area contributed by atoms with Crippen LogP contribution in [0.15, 0.2) is 6.20 Å². The Morgan fingerprint density at radius 2 is 2.12 bits per heavy atom. The molecule has 0 amide bonds. The number of ether oxygens (including phenoxy) is 1. The highest BCUT2D eigenvalue weighted by Crippen LogP contribution is 2.19. The molecule has 0 aromatic carbocycles. The van der Waals surface area contributed by atoms with Crippen molar-refractivity contribution in [3.63, 3.8) is 0 Å². The molecule has 2 N–H and O–H groups in total. The first-order chi connectivity index (χ1) is 7.42. The highest BCUT2D eigenvalue weighted by Gasteiger charge is 2.27. The Labute approximate surface area is 90.6 Å². The van der Waals surface area contributed by atoms with Crippen LogP contribution in [0.1, 0.15) is 17.7 Å². The fourth-order valence-electron chi connectivity index (χ4n) is 0.999. The molecule has 0 bridgehead atoms. The van der Waals surface area contributed by atoms with Crippen molar-refractivity contribution in [1.82, 2.24) is 9.97 Å². The van der Waals surface area contributed by atoms with Gasteiger partial charge in [0.15, 0.2) is 0 Å². The zero-order chi connectivity index (χ0) is 12.2. The number of hydrogen-bond donors (Lipinski definition) is 1. The van der Waals surface area contributed by atoms with Gasteiger partial charge in [-0.2, -0.15) is 13.2 Å². The van der Waals surface area contributed by atoms with Crippen LogP contribution < -0.4 is 10.5 Å². The maximum absolute atomic E-state index is 11.8. The van der Waals surface area contributed by atoms with Crippen molar-refractivity contribution in [2.24, 2.45) is 5.73 Å². The van der Waals surface area contributed by atoms with Gasteiger partial charge >= 0.3 is 12.2 Å². The molecule has 0 aliphatic heterocycles. The van der Waals surface area contributed by atoms with Gasteiger partial charge in [0, 0.05) is 24.0 Å². The van der Waals surface area contributed by atoms with Gasteiger partial charge in [-0.1, -0.05) is 0 Å². The van der Waals surface area contributed by atoms with E-state index in [2.05, 4.69) is 9.97 Å². The Bertz CT molecular complexity index is 354. The predicted octanol–water partition coefficient (Wildman–Crippen LogP) is 1.57. The average molecular weight is 235 g/mol. The minimum Gasteiger partial charge on any atom is -0.463 e. The fourth-order valence-corrected chi connectivity index (χ4v) is 0.999. The van der Waals surface area contributed by atoms with Gasteiger partial charge < -0.3 is 10.5 Å². The summed E-state index contributed by atoms with van der Waals surface area (Å²) >= 11 is 0. The van der Waals surface area contributed by atoms with E-state index in [1.165, 1.54) is 6.20 Å².